The molecule has 0 aromatic heterocycles. The number of hydrogen-bond donors (Lipinski definition) is 2. The maximum Gasteiger partial charge on any atom is 0.269 e. The molecule has 1 N–H and O–H groups in total. The predicted octanol–water partition coefficient (Wildman–Crippen LogP) is 2.82. The molecule has 1 aromatic rings. The Morgan fingerprint density at radius 3 is 2.62 bits per heavy atom. The van der Waals surface area contributed by atoms with Crippen molar-refractivity contribution in [1.82, 2.24) is 20.5 Å². The number of nitro groups is 1. The highest BCUT2D eigenvalue weighted by Gasteiger charge is 2.35. The van der Waals surface area contributed by atoms with E-state index in [-0.39, 0.29) is 16.8 Å². The van der Waals surface area contributed by atoms with Crippen LogP contribution in [-0.2, 0) is 6.42 Å². The average molecular weight is 347 g/mol. The van der Waals surface area contributed by atoms with Crippen LogP contribution >= 0.6 is 12.6 Å². The predicted molar refractivity (Wildman–Crippen MR) is 95.2 cm³/mol. The van der Waals surface area contributed by atoms with Gasteiger partial charge >= 0.3 is 0 Å². The molecule has 0 radical (unpaired) electrons. The largest absolute Gasteiger partial charge is 0.357 e. The monoisotopic (exact) mass is 347 g/mol. The standard InChI is InChI=1S/C16H21N5O2S/c1-3-8-18-10-12(2)19-11-15(24)17-20(19)16(18)9-13-4-6-14(7-5-13)21(22)23/h4-7,10-11,16-17,24H,3,8-9H2,1-2H3. The van der Waals surface area contributed by atoms with Gasteiger partial charge in [0.05, 0.1) is 16.2 Å². The number of thiol groups is 1. The number of nitrogens with zero attached hydrogens (tertiary/aromatic N) is 4. The lowest BCUT2D eigenvalue weighted by Crippen LogP contribution is -2.58. The van der Waals surface area contributed by atoms with Crippen LogP contribution in [0, 0.1) is 10.1 Å². The molecular formula is C16H21N5O2S. The molecule has 3 rings (SSSR count). The zero-order valence-corrected chi connectivity index (χ0v) is 14.6. The Morgan fingerprint density at radius 1 is 1.29 bits per heavy atom. The summed E-state index contributed by atoms with van der Waals surface area (Å²) >= 11 is 4.42. The van der Waals surface area contributed by atoms with Gasteiger partial charge in [-0.15, -0.1) is 17.7 Å². The Hall–Kier alpha value is -2.19. The summed E-state index contributed by atoms with van der Waals surface area (Å²) < 4.78 is 0. The Labute approximate surface area is 146 Å². The highest BCUT2D eigenvalue weighted by molar-refractivity contribution is 7.84. The van der Waals surface area contributed by atoms with Crippen LogP contribution in [0.1, 0.15) is 25.8 Å². The van der Waals surface area contributed by atoms with E-state index in [0.717, 1.165) is 35.7 Å². The second kappa shape index (κ2) is 6.74. The fourth-order valence-corrected chi connectivity index (χ4v) is 3.25. The third-order valence-corrected chi connectivity index (χ3v) is 4.35. The number of allylic oxidation sites excluding steroid dienone is 1. The van der Waals surface area contributed by atoms with Crippen molar-refractivity contribution in [1.29, 1.82) is 0 Å². The summed E-state index contributed by atoms with van der Waals surface area (Å²) in [5.74, 6) is 0. The van der Waals surface area contributed by atoms with Crippen molar-refractivity contribution in [2.45, 2.75) is 32.9 Å². The summed E-state index contributed by atoms with van der Waals surface area (Å²) in [7, 11) is 0. The van der Waals surface area contributed by atoms with Gasteiger partial charge in [0.2, 0.25) is 0 Å². The topological polar surface area (TPSA) is 64.9 Å². The van der Waals surface area contributed by atoms with Gasteiger partial charge in [0, 0.05) is 37.0 Å². The van der Waals surface area contributed by atoms with Crippen LogP contribution in [0.15, 0.2) is 47.4 Å². The number of hydrogen-bond acceptors (Lipinski definition) is 7. The molecule has 24 heavy (non-hydrogen) atoms. The van der Waals surface area contributed by atoms with Gasteiger partial charge in [-0.2, -0.15) is 0 Å². The lowest BCUT2D eigenvalue weighted by atomic mass is 10.1. The second-order valence-electron chi connectivity index (χ2n) is 5.93. The van der Waals surface area contributed by atoms with Crippen LogP contribution in [0.2, 0.25) is 0 Å². The van der Waals surface area contributed by atoms with Gasteiger partial charge in [0.15, 0.2) is 0 Å². The van der Waals surface area contributed by atoms with E-state index < -0.39 is 0 Å². The summed E-state index contributed by atoms with van der Waals surface area (Å²) in [5, 5.41) is 15.7. The van der Waals surface area contributed by atoms with Gasteiger partial charge in [0.25, 0.3) is 5.69 Å². The van der Waals surface area contributed by atoms with E-state index in [1.54, 1.807) is 12.1 Å². The smallest absolute Gasteiger partial charge is 0.269 e. The van der Waals surface area contributed by atoms with Gasteiger partial charge in [-0.25, -0.2) is 0 Å². The van der Waals surface area contributed by atoms with Crippen molar-refractivity contribution < 1.29 is 4.92 Å². The lowest BCUT2D eigenvalue weighted by Gasteiger charge is -2.45. The van der Waals surface area contributed by atoms with Crippen LogP contribution in [-0.4, -0.2) is 32.7 Å². The summed E-state index contributed by atoms with van der Waals surface area (Å²) in [6.45, 7) is 5.14. The van der Waals surface area contributed by atoms with Crippen LogP contribution in [0.25, 0.3) is 0 Å². The molecule has 128 valence electrons. The van der Waals surface area contributed by atoms with Crippen molar-refractivity contribution in [2.75, 3.05) is 6.54 Å². The minimum Gasteiger partial charge on any atom is -0.357 e. The molecule has 0 saturated carbocycles. The van der Waals surface area contributed by atoms with Crippen LogP contribution in [0.4, 0.5) is 5.69 Å². The molecule has 0 bridgehead atoms. The van der Waals surface area contributed by atoms with Crippen molar-refractivity contribution in [3.8, 4) is 0 Å². The molecule has 1 unspecified atom stereocenters. The molecule has 0 fully saturated rings. The Kier molecular flexibility index (Phi) is 4.68. The third kappa shape index (κ3) is 3.20. The molecule has 8 heteroatoms. The first-order chi connectivity index (χ1) is 11.5. The maximum absolute atomic E-state index is 10.8. The van der Waals surface area contributed by atoms with Crippen molar-refractivity contribution in [3.63, 3.8) is 0 Å². The molecule has 1 aromatic carbocycles. The summed E-state index contributed by atoms with van der Waals surface area (Å²) in [4.78, 5) is 12.7. The minimum atomic E-state index is -0.374. The van der Waals surface area contributed by atoms with E-state index in [9.17, 15) is 10.1 Å². The van der Waals surface area contributed by atoms with Crippen molar-refractivity contribution in [3.05, 3.63) is 63.1 Å². The molecular weight excluding hydrogens is 326 g/mol. The first kappa shape index (κ1) is 16.7. The van der Waals surface area contributed by atoms with E-state index in [1.165, 1.54) is 0 Å². The Bertz CT molecular complexity index is 688. The van der Waals surface area contributed by atoms with Crippen LogP contribution in [0.5, 0.6) is 0 Å². The third-order valence-electron chi connectivity index (χ3n) is 4.13. The number of rotatable bonds is 5. The van der Waals surface area contributed by atoms with E-state index in [0.29, 0.717) is 0 Å². The second-order valence-corrected chi connectivity index (χ2v) is 6.41. The fourth-order valence-electron chi connectivity index (χ4n) is 3.03. The van der Waals surface area contributed by atoms with Gasteiger partial charge in [0.1, 0.15) is 6.17 Å². The van der Waals surface area contributed by atoms with Gasteiger partial charge in [-0.3, -0.25) is 20.5 Å². The average Bonchev–Trinajstić information content (AvgIpc) is 2.94. The van der Waals surface area contributed by atoms with Crippen molar-refractivity contribution >= 4 is 18.3 Å². The Balaban J connectivity index is 1.84. The lowest BCUT2D eigenvalue weighted by molar-refractivity contribution is -0.384. The number of hydrazine groups is 2. The fraction of sp³-hybridized carbons (Fsp3) is 0.375. The van der Waals surface area contributed by atoms with E-state index >= 15 is 0 Å². The highest BCUT2D eigenvalue weighted by Crippen LogP contribution is 2.29. The molecule has 1 atom stereocenters. The van der Waals surface area contributed by atoms with Crippen LogP contribution < -0.4 is 5.43 Å². The maximum atomic E-state index is 10.8. The number of fused-ring (bicyclic) bond motifs is 1. The van der Waals surface area contributed by atoms with Gasteiger partial charge in [-0.05, 0) is 18.9 Å². The molecule has 2 aliphatic heterocycles. The molecule has 0 spiro atoms. The summed E-state index contributed by atoms with van der Waals surface area (Å²) in [5.41, 5.74) is 5.54. The minimum absolute atomic E-state index is 0.0657. The quantitative estimate of drug-likeness (QED) is 0.485. The molecule has 0 saturated heterocycles. The normalized spacial score (nSPS) is 20.4. The SMILES string of the molecule is CCCN1C=C(C)N2C=C(S)NN2C1Cc1ccc([N+](=O)[O-])cc1. The number of benzene rings is 1. The molecule has 0 aliphatic carbocycles. The first-order valence-corrected chi connectivity index (χ1v) is 8.37. The van der Waals surface area contributed by atoms with Gasteiger partial charge in [-0.1, -0.05) is 19.1 Å². The van der Waals surface area contributed by atoms with E-state index in [4.69, 9.17) is 0 Å². The molecule has 2 aliphatic rings. The Morgan fingerprint density at radius 2 is 2.00 bits per heavy atom. The van der Waals surface area contributed by atoms with Gasteiger partial charge < -0.3 is 4.90 Å². The molecule has 0 amide bonds. The summed E-state index contributed by atoms with van der Waals surface area (Å²) in [6.07, 6.45) is 5.94. The van der Waals surface area contributed by atoms with E-state index in [1.807, 2.05) is 23.3 Å². The van der Waals surface area contributed by atoms with Crippen molar-refractivity contribution in [2.24, 2.45) is 0 Å². The first-order valence-electron chi connectivity index (χ1n) is 7.93. The zero-order valence-electron chi connectivity index (χ0n) is 13.7. The summed E-state index contributed by atoms with van der Waals surface area (Å²) in [6, 6.07) is 6.76. The van der Waals surface area contributed by atoms with Crippen LogP contribution in [0.3, 0.4) is 0 Å². The molecule has 2 heterocycles. The zero-order chi connectivity index (χ0) is 17.3. The molecule has 7 nitrogen and oxygen atoms in total. The highest BCUT2D eigenvalue weighted by atomic mass is 32.1. The number of nitro benzene ring substituents is 1. The number of non-ortho nitro benzene ring substituents is 1. The number of nitrogens with one attached hydrogen (secondary N) is 1. The van der Waals surface area contributed by atoms with E-state index in [2.05, 4.69) is 48.1 Å².